The quantitative estimate of drug-likeness (QED) is 0.678. The number of Topliss-reactive ketones (excluding diaryl/α,β-unsaturated/α-hetero) is 1. The first-order chi connectivity index (χ1) is 10.1. The van der Waals surface area contributed by atoms with Gasteiger partial charge in [0.05, 0.1) is 0 Å². The molecule has 0 aromatic rings. The van der Waals surface area contributed by atoms with E-state index in [0.717, 1.165) is 0 Å². The number of rotatable bonds is 3. The molecule has 0 aliphatic carbocycles. The third kappa shape index (κ3) is 2.10. The highest BCUT2D eigenvalue weighted by atomic mass is 19.4. The maximum atomic E-state index is 13.4. The van der Waals surface area contributed by atoms with Crippen LogP contribution in [0, 0.1) is 0 Å². The van der Waals surface area contributed by atoms with Crippen LogP contribution in [0.15, 0.2) is 0 Å². The minimum Gasteiger partial charge on any atom is -0.286 e. The highest BCUT2D eigenvalue weighted by Crippen LogP contribution is 2.62. The molecular formula is C8F14O2. The molecule has 0 bridgehead atoms. The molecule has 1 aliphatic rings. The van der Waals surface area contributed by atoms with Crippen LogP contribution in [0.4, 0.5) is 61.5 Å². The molecule has 142 valence electrons. The van der Waals surface area contributed by atoms with Crippen molar-refractivity contribution in [3.05, 3.63) is 0 Å². The topological polar surface area (TPSA) is 26.3 Å². The van der Waals surface area contributed by atoms with Gasteiger partial charge in [0, 0.05) is 0 Å². The molecule has 1 saturated heterocycles. The third-order valence-corrected chi connectivity index (χ3v) is 2.76. The summed E-state index contributed by atoms with van der Waals surface area (Å²) in [6.45, 7) is 0. The molecular weight excluding hydrogens is 394 g/mol. The number of ketones is 1. The van der Waals surface area contributed by atoms with Crippen molar-refractivity contribution in [1.82, 2.24) is 0 Å². The molecule has 24 heavy (non-hydrogen) atoms. The van der Waals surface area contributed by atoms with E-state index in [-0.39, 0.29) is 0 Å². The van der Waals surface area contributed by atoms with Crippen LogP contribution in [0.5, 0.6) is 0 Å². The maximum Gasteiger partial charge on any atom is 0.460 e. The molecule has 1 unspecified atom stereocenters. The minimum atomic E-state index is -7.96. The van der Waals surface area contributed by atoms with Crippen molar-refractivity contribution in [2.75, 3.05) is 0 Å². The van der Waals surface area contributed by atoms with E-state index < -0.39 is 47.6 Å². The van der Waals surface area contributed by atoms with E-state index in [1.54, 1.807) is 0 Å². The van der Waals surface area contributed by atoms with Crippen LogP contribution in [0.2, 0.25) is 0 Å². The van der Waals surface area contributed by atoms with Crippen molar-refractivity contribution in [1.29, 1.82) is 0 Å². The molecule has 1 atom stereocenters. The first kappa shape index (κ1) is 20.7. The Kier molecular flexibility index (Phi) is 3.99. The highest BCUT2D eigenvalue weighted by Gasteiger charge is 2.94. The van der Waals surface area contributed by atoms with Gasteiger partial charge in [-0.3, -0.25) is 9.53 Å². The molecule has 1 aliphatic heterocycles. The Balaban J connectivity index is 3.58. The van der Waals surface area contributed by atoms with Crippen molar-refractivity contribution in [3.63, 3.8) is 0 Å². The van der Waals surface area contributed by atoms with Gasteiger partial charge in [0.15, 0.2) is 0 Å². The minimum absolute atomic E-state index is 1.89. The first-order valence-corrected chi connectivity index (χ1v) is 5.01. The van der Waals surface area contributed by atoms with Gasteiger partial charge in [-0.1, -0.05) is 0 Å². The Morgan fingerprint density at radius 3 is 1.33 bits per heavy atom. The second-order valence-corrected chi connectivity index (χ2v) is 4.34. The summed E-state index contributed by atoms with van der Waals surface area (Å²) in [6.07, 6.45) is -14.0. The van der Waals surface area contributed by atoms with Crippen molar-refractivity contribution in [2.24, 2.45) is 0 Å². The summed E-state index contributed by atoms with van der Waals surface area (Å²) in [4.78, 5) is 10.6. The van der Waals surface area contributed by atoms with E-state index in [9.17, 15) is 66.3 Å². The van der Waals surface area contributed by atoms with Gasteiger partial charge in [-0.05, 0) is 0 Å². The summed E-state index contributed by atoms with van der Waals surface area (Å²) in [7, 11) is 0. The third-order valence-electron chi connectivity index (χ3n) is 2.76. The average molecular weight is 394 g/mol. The van der Waals surface area contributed by atoms with Crippen LogP contribution in [0.1, 0.15) is 0 Å². The summed E-state index contributed by atoms with van der Waals surface area (Å²) < 4.78 is 178. The Morgan fingerprint density at radius 2 is 1.08 bits per heavy atom. The zero-order valence-corrected chi connectivity index (χ0v) is 10.1. The Labute approximate surface area is 120 Å². The second kappa shape index (κ2) is 4.63. The number of halogens is 14. The first-order valence-electron chi connectivity index (χ1n) is 5.01. The summed E-state index contributed by atoms with van der Waals surface area (Å²) in [5.74, 6) is -41.4. The van der Waals surface area contributed by atoms with Gasteiger partial charge < -0.3 is 0 Å². The van der Waals surface area contributed by atoms with Crippen LogP contribution in [0.25, 0.3) is 0 Å². The van der Waals surface area contributed by atoms with Crippen LogP contribution in [-0.4, -0.2) is 47.6 Å². The summed E-state index contributed by atoms with van der Waals surface area (Å²) in [6, 6.07) is 0. The van der Waals surface area contributed by atoms with E-state index in [1.807, 2.05) is 4.74 Å². The number of hydrogen-bond donors (Lipinski definition) is 0. The van der Waals surface area contributed by atoms with Gasteiger partial charge in [0.2, 0.25) is 0 Å². The Morgan fingerprint density at radius 1 is 0.708 bits per heavy atom. The van der Waals surface area contributed by atoms with E-state index in [0.29, 0.717) is 0 Å². The molecule has 0 spiro atoms. The molecule has 1 heterocycles. The molecule has 1 rings (SSSR count). The standard InChI is InChI=1S/C8F14O2/c9-2(10)1(23)3(11,24-8(2,21)22)4(12,13)5(14,15)6(16,17)7(18,19)20. The van der Waals surface area contributed by atoms with E-state index in [2.05, 4.69) is 0 Å². The lowest BCUT2D eigenvalue weighted by Gasteiger charge is -2.37. The molecule has 0 saturated carbocycles. The highest BCUT2D eigenvalue weighted by molar-refractivity contribution is 5.96. The smallest absolute Gasteiger partial charge is 0.286 e. The fourth-order valence-corrected chi connectivity index (χ4v) is 1.40. The molecule has 0 amide bonds. The molecule has 0 aromatic carbocycles. The van der Waals surface area contributed by atoms with Crippen LogP contribution in [0.3, 0.4) is 0 Å². The molecule has 0 N–H and O–H groups in total. The van der Waals surface area contributed by atoms with E-state index in [1.165, 1.54) is 0 Å². The van der Waals surface area contributed by atoms with Gasteiger partial charge in [-0.25, -0.2) is 0 Å². The van der Waals surface area contributed by atoms with Crippen LogP contribution >= 0.6 is 0 Å². The maximum absolute atomic E-state index is 13.4. The largest absolute Gasteiger partial charge is 0.460 e. The predicted molar refractivity (Wildman–Crippen MR) is 40.7 cm³/mol. The number of carbonyl (C=O) groups excluding carboxylic acids is 1. The van der Waals surface area contributed by atoms with Crippen LogP contribution in [-0.2, 0) is 9.53 Å². The van der Waals surface area contributed by atoms with Crippen molar-refractivity contribution >= 4 is 5.78 Å². The lowest BCUT2D eigenvalue weighted by atomic mass is 9.93. The number of hydrogen-bond acceptors (Lipinski definition) is 2. The van der Waals surface area contributed by atoms with Crippen LogP contribution < -0.4 is 0 Å². The van der Waals surface area contributed by atoms with Crippen molar-refractivity contribution in [2.45, 2.75) is 41.8 Å². The van der Waals surface area contributed by atoms with Gasteiger partial charge in [-0.15, -0.1) is 0 Å². The number of alkyl halides is 14. The van der Waals surface area contributed by atoms with Crippen molar-refractivity contribution < 1.29 is 71.0 Å². The SMILES string of the molecule is O=C1C(F)(F)C(F)(F)OC1(F)C(F)(F)C(F)(F)C(F)(F)C(F)(F)F. The molecule has 1 fully saturated rings. The molecule has 16 heteroatoms. The summed E-state index contributed by atoms with van der Waals surface area (Å²) in [5, 5.41) is 0. The number of carbonyl (C=O) groups is 1. The molecule has 2 nitrogen and oxygen atoms in total. The predicted octanol–water partition coefficient (Wildman–Crippen LogP) is 3.95. The summed E-state index contributed by atoms with van der Waals surface area (Å²) >= 11 is 0. The fraction of sp³-hybridized carbons (Fsp3) is 0.875. The Bertz CT molecular complexity index is 547. The lowest BCUT2D eigenvalue weighted by molar-refractivity contribution is -0.442. The monoisotopic (exact) mass is 394 g/mol. The Hall–Kier alpha value is -1.35. The average Bonchev–Trinajstić information content (AvgIpc) is 2.46. The lowest BCUT2D eigenvalue weighted by Crippen LogP contribution is -2.69. The van der Waals surface area contributed by atoms with Gasteiger partial charge in [0.25, 0.3) is 5.78 Å². The number of ether oxygens (including phenoxy) is 1. The fourth-order valence-electron chi connectivity index (χ4n) is 1.40. The van der Waals surface area contributed by atoms with Crippen molar-refractivity contribution in [3.8, 4) is 0 Å². The molecule has 0 radical (unpaired) electrons. The zero-order chi connectivity index (χ0) is 19.8. The second-order valence-electron chi connectivity index (χ2n) is 4.34. The zero-order valence-electron chi connectivity index (χ0n) is 10.1. The molecule has 0 aromatic heterocycles. The summed E-state index contributed by atoms with van der Waals surface area (Å²) in [5.41, 5.74) is 0. The van der Waals surface area contributed by atoms with Gasteiger partial charge in [-0.2, -0.15) is 61.5 Å². The van der Waals surface area contributed by atoms with Gasteiger partial charge >= 0.3 is 41.8 Å². The van der Waals surface area contributed by atoms with E-state index in [4.69, 9.17) is 0 Å². The normalized spacial score (nSPS) is 28.3. The van der Waals surface area contributed by atoms with Gasteiger partial charge in [0.1, 0.15) is 0 Å². The van der Waals surface area contributed by atoms with E-state index >= 15 is 0 Å².